The van der Waals surface area contributed by atoms with Crippen LogP contribution >= 0.6 is 0 Å². The van der Waals surface area contributed by atoms with Gasteiger partial charge in [-0.2, -0.15) is 13.2 Å². The number of nitrogens with one attached hydrogen (secondary N) is 1. The van der Waals surface area contributed by atoms with Crippen molar-refractivity contribution >= 4 is 0 Å². The number of oxazole rings is 1. The Labute approximate surface area is 104 Å². The molecule has 0 unspecified atom stereocenters. The summed E-state index contributed by atoms with van der Waals surface area (Å²) < 4.78 is 45.2. The highest BCUT2D eigenvalue weighted by Crippen LogP contribution is 2.14. The van der Waals surface area contributed by atoms with Crippen molar-refractivity contribution in [3.63, 3.8) is 0 Å². The van der Waals surface area contributed by atoms with Crippen LogP contribution < -0.4 is 5.32 Å². The van der Waals surface area contributed by atoms with Crippen LogP contribution in [0.2, 0.25) is 0 Å². The third-order valence-electron chi connectivity index (χ3n) is 2.13. The average Bonchev–Trinajstić information content (AvgIpc) is 2.72. The summed E-state index contributed by atoms with van der Waals surface area (Å²) in [7, 11) is 0. The van der Waals surface area contributed by atoms with Crippen molar-refractivity contribution in [1.29, 1.82) is 0 Å². The lowest BCUT2D eigenvalue weighted by molar-refractivity contribution is -0.173. The molecule has 0 aromatic carbocycles. The molecule has 0 saturated heterocycles. The smallest absolute Gasteiger partial charge is 0.411 e. The molecule has 18 heavy (non-hydrogen) atoms. The second-order valence-electron chi connectivity index (χ2n) is 3.74. The van der Waals surface area contributed by atoms with Crippen LogP contribution in [0.25, 0.3) is 0 Å². The van der Waals surface area contributed by atoms with Crippen molar-refractivity contribution in [1.82, 2.24) is 10.3 Å². The minimum atomic E-state index is -4.28. The van der Waals surface area contributed by atoms with Gasteiger partial charge in [0.1, 0.15) is 12.4 Å². The minimum Gasteiger partial charge on any atom is -0.446 e. The van der Waals surface area contributed by atoms with Crippen LogP contribution in [0.5, 0.6) is 0 Å². The highest BCUT2D eigenvalue weighted by molar-refractivity contribution is 4.94. The molecule has 0 radical (unpaired) electrons. The van der Waals surface area contributed by atoms with E-state index < -0.39 is 12.8 Å². The maximum Gasteiger partial charge on any atom is 0.411 e. The van der Waals surface area contributed by atoms with E-state index in [9.17, 15) is 13.2 Å². The van der Waals surface area contributed by atoms with Gasteiger partial charge in [0.2, 0.25) is 0 Å². The molecule has 0 saturated carbocycles. The quantitative estimate of drug-likeness (QED) is 0.731. The first-order valence-electron chi connectivity index (χ1n) is 5.80. The highest BCUT2D eigenvalue weighted by atomic mass is 19.4. The molecule has 4 nitrogen and oxygen atoms in total. The van der Waals surface area contributed by atoms with Crippen molar-refractivity contribution < 1.29 is 22.3 Å². The number of ether oxygens (including phenoxy) is 1. The summed E-state index contributed by atoms with van der Waals surface area (Å²) in [5.41, 5.74) is 0. The first-order chi connectivity index (χ1) is 8.51. The molecule has 1 rings (SSSR count). The van der Waals surface area contributed by atoms with E-state index in [1.165, 1.54) is 6.20 Å². The summed E-state index contributed by atoms with van der Waals surface area (Å²) in [6.07, 6.45) is -1.79. The summed E-state index contributed by atoms with van der Waals surface area (Å²) in [4.78, 5) is 4.03. The van der Waals surface area contributed by atoms with E-state index in [-0.39, 0.29) is 6.61 Å². The standard InChI is InChI=1S/C11H17F3N2O2/c1-2-15-5-3-10-16-7-9(18-10)4-6-17-8-11(12,13)14/h7,15H,2-6,8H2,1H3. The lowest BCUT2D eigenvalue weighted by Crippen LogP contribution is -2.17. The van der Waals surface area contributed by atoms with Gasteiger partial charge in [0.05, 0.1) is 12.8 Å². The lowest BCUT2D eigenvalue weighted by Gasteiger charge is -2.06. The fourth-order valence-electron chi connectivity index (χ4n) is 1.31. The first-order valence-corrected chi connectivity index (χ1v) is 5.80. The van der Waals surface area contributed by atoms with E-state index >= 15 is 0 Å². The number of likely N-dealkylation sites (N-methyl/N-ethyl adjacent to an activating group) is 1. The SMILES string of the molecule is CCNCCc1ncc(CCOCC(F)(F)F)o1. The molecule has 1 N–H and O–H groups in total. The Balaban J connectivity index is 2.19. The van der Waals surface area contributed by atoms with Crippen LogP contribution in [-0.2, 0) is 17.6 Å². The number of alkyl halides is 3. The van der Waals surface area contributed by atoms with Gasteiger partial charge in [-0.25, -0.2) is 4.98 Å². The normalized spacial score (nSPS) is 12.0. The molecule has 1 heterocycles. The van der Waals surface area contributed by atoms with E-state index in [0.717, 1.165) is 13.1 Å². The molecular formula is C11H17F3N2O2. The van der Waals surface area contributed by atoms with E-state index in [1.807, 2.05) is 6.92 Å². The molecular weight excluding hydrogens is 249 g/mol. The summed E-state index contributed by atoms with van der Waals surface area (Å²) in [6, 6.07) is 0. The Bertz CT molecular complexity index is 339. The lowest BCUT2D eigenvalue weighted by atomic mass is 10.4. The van der Waals surface area contributed by atoms with Gasteiger partial charge < -0.3 is 14.5 Å². The Morgan fingerprint density at radius 2 is 2.17 bits per heavy atom. The van der Waals surface area contributed by atoms with Gasteiger partial charge in [-0.3, -0.25) is 0 Å². The summed E-state index contributed by atoms with van der Waals surface area (Å²) >= 11 is 0. The molecule has 7 heteroatoms. The Kier molecular flexibility index (Phi) is 6.14. The molecule has 0 aliphatic heterocycles. The van der Waals surface area contributed by atoms with Crippen LogP contribution in [-0.4, -0.2) is 37.5 Å². The molecule has 0 spiro atoms. The third kappa shape index (κ3) is 6.61. The van der Waals surface area contributed by atoms with Crippen molar-refractivity contribution in [2.45, 2.75) is 25.9 Å². The Morgan fingerprint density at radius 1 is 1.39 bits per heavy atom. The monoisotopic (exact) mass is 266 g/mol. The zero-order valence-electron chi connectivity index (χ0n) is 10.2. The van der Waals surface area contributed by atoms with Gasteiger partial charge >= 0.3 is 6.18 Å². The fraction of sp³-hybridized carbons (Fsp3) is 0.727. The van der Waals surface area contributed by atoms with Crippen LogP contribution in [0.3, 0.4) is 0 Å². The van der Waals surface area contributed by atoms with Gasteiger partial charge in [-0.05, 0) is 6.54 Å². The summed E-state index contributed by atoms with van der Waals surface area (Å²) in [6.45, 7) is 2.38. The molecule has 0 bridgehead atoms. The van der Waals surface area contributed by atoms with Gasteiger partial charge in [0.25, 0.3) is 0 Å². The zero-order chi connectivity index (χ0) is 13.4. The van der Waals surface area contributed by atoms with Crippen LogP contribution in [0, 0.1) is 0 Å². The van der Waals surface area contributed by atoms with Crippen molar-refractivity contribution in [3.8, 4) is 0 Å². The number of hydrogen-bond donors (Lipinski definition) is 1. The fourth-order valence-corrected chi connectivity index (χ4v) is 1.31. The summed E-state index contributed by atoms with van der Waals surface area (Å²) in [5.74, 6) is 1.13. The predicted octanol–water partition coefficient (Wildman–Crippen LogP) is 1.95. The van der Waals surface area contributed by atoms with E-state index in [2.05, 4.69) is 15.0 Å². The maximum absolute atomic E-state index is 11.8. The van der Waals surface area contributed by atoms with Crippen LogP contribution in [0.4, 0.5) is 13.2 Å². The minimum absolute atomic E-state index is 0.0264. The molecule has 1 aromatic heterocycles. The number of rotatable bonds is 8. The van der Waals surface area contributed by atoms with E-state index in [1.54, 1.807) is 0 Å². The topological polar surface area (TPSA) is 47.3 Å². The first kappa shape index (κ1) is 15.0. The van der Waals surface area contributed by atoms with E-state index in [0.29, 0.717) is 24.5 Å². The largest absolute Gasteiger partial charge is 0.446 e. The molecule has 0 fully saturated rings. The van der Waals surface area contributed by atoms with Gasteiger partial charge in [-0.1, -0.05) is 6.92 Å². The average molecular weight is 266 g/mol. The van der Waals surface area contributed by atoms with Crippen molar-refractivity contribution in [2.75, 3.05) is 26.3 Å². The van der Waals surface area contributed by atoms with Crippen molar-refractivity contribution in [3.05, 3.63) is 17.8 Å². The number of nitrogens with zero attached hydrogens (tertiary/aromatic N) is 1. The Morgan fingerprint density at radius 3 is 2.83 bits per heavy atom. The number of hydrogen-bond acceptors (Lipinski definition) is 4. The summed E-state index contributed by atoms with van der Waals surface area (Å²) in [5, 5.41) is 3.13. The number of aromatic nitrogens is 1. The molecule has 1 aromatic rings. The maximum atomic E-state index is 11.8. The molecule has 0 aliphatic rings. The van der Waals surface area contributed by atoms with Crippen molar-refractivity contribution in [2.24, 2.45) is 0 Å². The molecule has 0 amide bonds. The molecule has 0 aliphatic carbocycles. The van der Waals surface area contributed by atoms with Gasteiger partial charge in [0.15, 0.2) is 5.89 Å². The van der Waals surface area contributed by atoms with Crippen LogP contribution in [0.1, 0.15) is 18.6 Å². The highest BCUT2D eigenvalue weighted by Gasteiger charge is 2.27. The second-order valence-corrected chi connectivity index (χ2v) is 3.74. The Hall–Kier alpha value is -1.08. The third-order valence-corrected chi connectivity index (χ3v) is 2.13. The number of halogens is 3. The molecule has 0 atom stereocenters. The van der Waals surface area contributed by atoms with E-state index in [4.69, 9.17) is 4.42 Å². The van der Waals surface area contributed by atoms with Gasteiger partial charge in [0, 0.05) is 19.4 Å². The zero-order valence-corrected chi connectivity index (χ0v) is 10.2. The van der Waals surface area contributed by atoms with Gasteiger partial charge in [-0.15, -0.1) is 0 Å². The second kappa shape index (κ2) is 7.38. The van der Waals surface area contributed by atoms with Crippen LogP contribution in [0.15, 0.2) is 10.6 Å². The molecule has 104 valence electrons. The predicted molar refractivity (Wildman–Crippen MR) is 59.3 cm³/mol.